The van der Waals surface area contributed by atoms with Gasteiger partial charge in [0.25, 0.3) is 5.91 Å². The van der Waals surface area contributed by atoms with Crippen molar-refractivity contribution < 1.29 is 14.0 Å². The number of thiazole rings is 1. The van der Waals surface area contributed by atoms with Crippen molar-refractivity contribution >= 4 is 39.6 Å². The van der Waals surface area contributed by atoms with Crippen molar-refractivity contribution in [2.24, 2.45) is 0 Å². The summed E-state index contributed by atoms with van der Waals surface area (Å²) in [6, 6.07) is 9.74. The standard InChI is InChI=1S/C21H20FN3O2S2/c22-16-7-2-1-6-14(16)12-15-13-23-21(29-15)24-19(26)17-8-3-4-10-25(17)20(27)18-9-5-11-28-18/h1-2,5-7,9,11,13,17H,3-4,8,10,12H2,(H,23,24,26). The van der Waals surface area contributed by atoms with Crippen molar-refractivity contribution in [3.8, 4) is 0 Å². The molecule has 5 nitrogen and oxygen atoms in total. The van der Waals surface area contributed by atoms with Crippen LogP contribution in [-0.2, 0) is 11.2 Å². The van der Waals surface area contributed by atoms with Gasteiger partial charge in [0.2, 0.25) is 5.91 Å². The van der Waals surface area contributed by atoms with Crippen LogP contribution >= 0.6 is 22.7 Å². The van der Waals surface area contributed by atoms with Crippen LogP contribution in [0.1, 0.15) is 39.4 Å². The maximum absolute atomic E-state index is 13.8. The summed E-state index contributed by atoms with van der Waals surface area (Å²) in [4.78, 5) is 33.1. The van der Waals surface area contributed by atoms with Gasteiger partial charge in [0.1, 0.15) is 11.9 Å². The number of nitrogens with zero attached hydrogens (tertiary/aromatic N) is 2. The van der Waals surface area contributed by atoms with E-state index in [9.17, 15) is 14.0 Å². The number of benzene rings is 1. The molecule has 1 aliphatic heterocycles. The topological polar surface area (TPSA) is 62.3 Å². The Hall–Kier alpha value is -2.58. The minimum atomic E-state index is -0.503. The number of halogens is 1. The third kappa shape index (κ3) is 4.54. The van der Waals surface area contributed by atoms with E-state index in [1.54, 1.807) is 35.4 Å². The molecule has 4 rings (SSSR count). The predicted octanol–water partition coefficient (Wildman–Crippen LogP) is 4.57. The van der Waals surface area contributed by atoms with E-state index < -0.39 is 6.04 Å². The lowest BCUT2D eigenvalue weighted by Gasteiger charge is -2.34. The summed E-state index contributed by atoms with van der Waals surface area (Å²) in [5.41, 5.74) is 0.592. The van der Waals surface area contributed by atoms with E-state index >= 15 is 0 Å². The molecule has 1 fully saturated rings. The number of piperidine rings is 1. The second-order valence-corrected chi connectivity index (χ2v) is 8.94. The molecule has 0 aliphatic carbocycles. The zero-order valence-corrected chi connectivity index (χ0v) is 17.3. The third-order valence-corrected chi connectivity index (χ3v) is 6.68. The van der Waals surface area contributed by atoms with Crippen molar-refractivity contribution in [2.75, 3.05) is 11.9 Å². The second kappa shape index (κ2) is 8.84. The monoisotopic (exact) mass is 429 g/mol. The molecule has 0 saturated carbocycles. The zero-order chi connectivity index (χ0) is 20.2. The van der Waals surface area contributed by atoms with Crippen LogP contribution in [0.4, 0.5) is 9.52 Å². The molecule has 1 unspecified atom stereocenters. The fourth-order valence-electron chi connectivity index (χ4n) is 3.45. The molecule has 2 amide bonds. The first-order valence-electron chi connectivity index (χ1n) is 9.45. The molecule has 1 aliphatic rings. The van der Waals surface area contributed by atoms with Crippen molar-refractivity contribution in [2.45, 2.75) is 31.7 Å². The quantitative estimate of drug-likeness (QED) is 0.646. The molecule has 29 heavy (non-hydrogen) atoms. The normalized spacial score (nSPS) is 16.6. The minimum absolute atomic E-state index is 0.0979. The smallest absolute Gasteiger partial charge is 0.264 e. The number of thiophene rings is 1. The van der Waals surface area contributed by atoms with Gasteiger partial charge in [0.15, 0.2) is 5.13 Å². The summed E-state index contributed by atoms with van der Waals surface area (Å²) >= 11 is 2.71. The Balaban J connectivity index is 1.43. The number of amides is 2. The summed E-state index contributed by atoms with van der Waals surface area (Å²) < 4.78 is 13.8. The van der Waals surface area contributed by atoms with Crippen LogP contribution in [0.15, 0.2) is 48.0 Å². The van der Waals surface area contributed by atoms with Crippen molar-refractivity contribution in [3.05, 3.63) is 69.1 Å². The summed E-state index contributed by atoms with van der Waals surface area (Å²) in [6.07, 6.45) is 4.51. The highest BCUT2D eigenvalue weighted by Gasteiger charge is 2.33. The molecule has 3 heterocycles. The summed E-state index contributed by atoms with van der Waals surface area (Å²) in [7, 11) is 0. The van der Waals surface area contributed by atoms with Gasteiger partial charge >= 0.3 is 0 Å². The molecule has 2 aromatic heterocycles. The predicted molar refractivity (Wildman–Crippen MR) is 113 cm³/mol. The van der Waals surface area contributed by atoms with Gasteiger partial charge in [-0.3, -0.25) is 9.59 Å². The molecule has 0 bridgehead atoms. The largest absolute Gasteiger partial charge is 0.326 e. The van der Waals surface area contributed by atoms with Crippen LogP contribution in [0.3, 0.4) is 0 Å². The number of likely N-dealkylation sites (tertiary alicyclic amines) is 1. The number of nitrogens with one attached hydrogen (secondary N) is 1. The van der Waals surface area contributed by atoms with Crippen molar-refractivity contribution in [1.82, 2.24) is 9.88 Å². The number of rotatable bonds is 5. The zero-order valence-electron chi connectivity index (χ0n) is 15.6. The lowest BCUT2D eigenvalue weighted by Crippen LogP contribution is -2.49. The van der Waals surface area contributed by atoms with Crippen LogP contribution in [0, 0.1) is 5.82 Å². The number of anilines is 1. The average molecular weight is 430 g/mol. The minimum Gasteiger partial charge on any atom is -0.326 e. The van der Waals surface area contributed by atoms with Crippen molar-refractivity contribution in [3.63, 3.8) is 0 Å². The van der Waals surface area contributed by atoms with Crippen LogP contribution in [0.5, 0.6) is 0 Å². The maximum atomic E-state index is 13.8. The van der Waals surface area contributed by atoms with Gasteiger partial charge < -0.3 is 10.2 Å². The lowest BCUT2D eigenvalue weighted by molar-refractivity contribution is -0.121. The Morgan fingerprint density at radius 1 is 1.21 bits per heavy atom. The Labute approximate surface area is 176 Å². The number of carbonyl (C=O) groups is 2. The molecule has 8 heteroatoms. The Bertz CT molecular complexity index is 1000. The van der Waals surface area contributed by atoms with E-state index in [0.29, 0.717) is 35.0 Å². The van der Waals surface area contributed by atoms with E-state index in [1.165, 1.54) is 28.7 Å². The van der Waals surface area contributed by atoms with E-state index in [2.05, 4.69) is 10.3 Å². The van der Waals surface area contributed by atoms with Gasteiger partial charge in [-0.1, -0.05) is 24.3 Å². The number of hydrogen-bond donors (Lipinski definition) is 1. The van der Waals surface area contributed by atoms with Gasteiger partial charge in [-0.25, -0.2) is 9.37 Å². The molecule has 150 valence electrons. The molecular weight excluding hydrogens is 409 g/mol. The first kappa shape index (κ1) is 19.7. The first-order valence-corrected chi connectivity index (χ1v) is 11.1. The SMILES string of the molecule is O=C(Nc1ncc(Cc2ccccc2F)s1)C1CCCCN1C(=O)c1cccs1. The van der Waals surface area contributed by atoms with E-state index in [4.69, 9.17) is 0 Å². The number of aromatic nitrogens is 1. The van der Waals surface area contributed by atoms with Crippen LogP contribution in [0.2, 0.25) is 0 Å². The Kier molecular flexibility index (Phi) is 6.01. The van der Waals surface area contributed by atoms with Gasteiger partial charge in [-0.15, -0.1) is 22.7 Å². The van der Waals surface area contributed by atoms with E-state index in [-0.39, 0.29) is 17.6 Å². The molecular formula is C21H20FN3O2S2. The number of hydrogen-bond acceptors (Lipinski definition) is 5. The first-order chi connectivity index (χ1) is 14.1. The highest BCUT2D eigenvalue weighted by atomic mass is 32.1. The molecule has 1 aromatic carbocycles. The lowest BCUT2D eigenvalue weighted by atomic mass is 10.0. The maximum Gasteiger partial charge on any atom is 0.264 e. The van der Waals surface area contributed by atoms with E-state index in [1.807, 2.05) is 11.4 Å². The summed E-state index contributed by atoms with van der Waals surface area (Å²) in [5.74, 6) is -0.572. The fourth-order valence-corrected chi connectivity index (χ4v) is 4.97. The molecule has 0 spiro atoms. The Morgan fingerprint density at radius 2 is 2.07 bits per heavy atom. The third-order valence-electron chi connectivity index (χ3n) is 4.90. The van der Waals surface area contributed by atoms with Crippen LogP contribution in [-0.4, -0.2) is 34.3 Å². The molecule has 1 atom stereocenters. The van der Waals surface area contributed by atoms with Gasteiger partial charge in [-0.2, -0.15) is 0 Å². The van der Waals surface area contributed by atoms with Crippen molar-refractivity contribution in [1.29, 1.82) is 0 Å². The highest BCUT2D eigenvalue weighted by Crippen LogP contribution is 2.25. The molecule has 1 N–H and O–H groups in total. The van der Waals surface area contributed by atoms with Crippen LogP contribution < -0.4 is 5.32 Å². The highest BCUT2D eigenvalue weighted by molar-refractivity contribution is 7.15. The molecule has 1 saturated heterocycles. The van der Waals surface area contributed by atoms with E-state index in [0.717, 1.165) is 17.7 Å². The van der Waals surface area contributed by atoms with Crippen LogP contribution in [0.25, 0.3) is 0 Å². The summed E-state index contributed by atoms with van der Waals surface area (Å²) in [5, 5.41) is 5.17. The molecule has 3 aromatic rings. The fraction of sp³-hybridized carbons (Fsp3) is 0.286. The Morgan fingerprint density at radius 3 is 2.86 bits per heavy atom. The second-order valence-electron chi connectivity index (χ2n) is 6.88. The molecule has 0 radical (unpaired) electrons. The van der Waals surface area contributed by atoms with Gasteiger partial charge in [-0.05, 0) is 42.3 Å². The van der Waals surface area contributed by atoms with Gasteiger partial charge in [0.05, 0.1) is 4.88 Å². The van der Waals surface area contributed by atoms with Gasteiger partial charge in [0, 0.05) is 24.0 Å². The number of carbonyl (C=O) groups excluding carboxylic acids is 2. The average Bonchev–Trinajstić information content (AvgIpc) is 3.42. The summed E-state index contributed by atoms with van der Waals surface area (Å²) in [6.45, 7) is 0.575.